The summed E-state index contributed by atoms with van der Waals surface area (Å²) in [4.78, 5) is 109. The summed E-state index contributed by atoms with van der Waals surface area (Å²) >= 11 is 5.80. The first-order valence-electron chi connectivity index (χ1n) is 42.3. The molecule has 5 aromatic carbocycles. The first-order valence-corrected chi connectivity index (χ1v) is 44.2. The van der Waals surface area contributed by atoms with Gasteiger partial charge in [-0.2, -0.15) is 0 Å². The zero-order chi connectivity index (χ0) is 99.8. The van der Waals surface area contributed by atoms with Crippen molar-refractivity contribution >= 4 is 112 Å². The molecule has 133 heavy (non-hydrogen) atoms. The second kappa shape index (κ2) is 69.5. The first-order chi connectivity index (χ1) is 60.1. The van der Waals surface area contributed by atoms with Crippen LogP contribution in [0.3, 0.4) is 0 Å². The van der Waals surface area contributed by atoms with E-state index in [1.54, 1.807) is 114 Å². The highest BCUT2D eigenvalue weighted by Crippen LogP contribution is 2.21. The van der Waals surface area contributed by atoms with Crippen LogP contribution in [0, 0.1) is 0 Å². The van der Waals surface area contributed by atoms with Crippen LogP contribution in [-0.2, 0) is 108 Å². The maximum Gasteiger partial charge on any atom is 0.519 e. The molecule has 3 amide bonds. The fourth-order valence-corrected chi connectivity index (χ4v) is 10.0. The number of amides is 3. The summed E-state index contributed by atoms with van der Waals surface area (Å²) in [6, 6.07) is 34.5. The summed E-state index contributed by atoms with van der Waals surface area (Å²) in [5.41, 5.74) is 34.5. The number of carboxylic acid groups (broad SMARTS) is 1. The highest BCUT2D eigenvalue weighted by atomic mass is 79.9. The molecule has 2 saturated heterocycles. The largest absolute Gasteiger partial charge is 1.00 e. The number of cyclic esters (lactones) is 2. The van der Waals surface area contributed by atoms with Crippen LogP contribution in [0.25, 0.3) is 0 Å². The summed E-state index contributed by atoms with van der Waals surface area (Å²) in [6.45, 7) is 39.4. The van der Waals surface area contributed by atoms with Crippen molar-refractivity contribution in [2.24, 2.45) is 34.4 Å². The van der Waals surface area contributed by atoms with Gasteiger partial charge in [0.1, 0.15) is 80.0 Å². The van der Waals surface area contributed by atoms with Gasteiger partial charge in [0.15, 0.2) is 13.2 Å². The zero-order valence-corrected chi connectivity index (χ0v) is 85.8. The number of primary amides is 1. The molecule has 2 radical (unpaired) electrons. The zero-order valence-electron chi connectivity index (χ0n) is 80.3. The Morgan fingerprint density at radius 1 is 0.481 bits per heavy atom. The topological polar surface area (TPSA) is 543 Å². The minimum absolute atomic E-state index is 0. The Kier molecular flexibility index (Phi) is 69.1. The summed E-state index contributed by atoms with van der Waals surface area (Å²) in [7, 11) is 5.31. The van der Waals surface area contributed by atoms with Crippen molar-refractivity contribution < 1.29 is 150 Å². The van der Waals surface area contributed by atoms with Crippen molar-refractivity contribution in [1.29, 1.82) is 0 Å². The van der Waals surface area contributed by atoms with Crippen LogP contribution in [0.2, 0.25) is 0 Å². The Morgan fingerprint density at radius 2 is 0.805 bits per heavy atom. The van der Waals surface area contributed by atoms with Gasteiger partial charge in [0.2, 0.25) is 5.91 Å². The van der Waals surface area contributed by atoms with Gasteiger partial charge in [-0.05, 0) is 300 Å². The molecule has 0 aliphatic carbocycles. The van der Waals surface area contributed by atoms with Crippen LogP contribution in [0.1, 0.15) is 205 Å². The number of nitrogens with one attached hydrogen (secondary N) is 2. The molecule has 0 spiro atoms. The van der Waals surface area contributed by atoms with Crippen molar-refractivity contribution in [3.63, 3.8) is 0 Å². The lowest BCUT2D eigenvalue weighted by atomic mass is 9.98. The average molecular weight is 2070 g/mol. The molecule has 0 saturated carbocycles. The summed E-state index contributed by atoms with van der Waals surface area (Å²) < 4.78 is 59.0. The molecule has 5 aromatic rings. The lowest BCUT2D eigenvalue weighted by Gasteiger charge is -2.23. The second-order valence-electron chi connectivity index (χ2n) is 35.2. The molecule has 2 fully saturated rings. The number of esters is 4. The van der Waals surface area contributed by atoms with Crippen LogP contribution >= 0.6 is 44.3 Å². The number of aliphatic carboxylic acids is 1. The van der Waals surface area contributed by atoms with E-state index in [4.69, 9.17) is 105 Å². The van der Waals surface area contributed by atoms with Gasteiger partial charge in [-0.25, -0.2) is 38.4 Å². The van der Waals surface area contributed by atoms with E-state index in [0.29, 0.717) is 43.9 Å². The van der Waals surface area contributed by atoms with Gasteiger partial charge in [0.25, 0.3) is 0 Å². The number of ether oxygens (including phenoxy) is 12. The quantitative estimate of drug-likeness (QED) is 0.00917. The molecular formula is C93H144BBr2Cl3N8O26-2. The number of carboxylic acids is 1. The van der Waals surface area contributed by atoms with Crippen molar-refractivity contribution in [3.8, 4) is 28.7 Å². The van der Waals surface area contributed by atoms with Crippen molar-refractivity contribution in [2.45, 2.75) is 279 Å². The van der Waals surface area contributed by atoms with Crippen LogP contribution in [0.5, 0.6) is 28.7 Å². The molecule has 18 N–H and O–H groups in total. The van der Waals surface area contributed by atoms with Crippen LogP contribution in [0.4, 0.5) is 19.2 Å². The Hall–Kier alpha value is -9.25. The Morgan fingerprint density at radius 3 is 1.04 bits per heavy atom. The molecule has 34 nitrogen and oxygen atoms in total. The number of alkyl carbamates (subject to hydrolysis) is 2. The van der Waals surface area contributed by atoms with Crippen LogP contribution < -0.4 is 79.3 Å². The predicted molar refractivity (Wildman–Crippen MR) is 512 cm³/mol. The van der Waals surface area contributed by atoms with E-state index in [-0.39, 0.29) is 119 Å². The fraction of sp³-hybridized carbons (Fsp3) is 0.548. The molecule has 3 aliphatic heterocycles. The lowest BCUT2D eigenvalue weighted by Crippen LogP contribution is -3.00. The number of benzene rings is 5. The normalized spacial score (nSPS) is 13.9. The number of carbonyl (C=O) groups excluding carboxylic acids is 9. The molecular weight excluding hydrogens is 1920 g/mol. The van der Waals surface area contributed by atoms with Gasteiger partial charge >= 0.3 is 54.3 Å². The molecule has 752 valence electrons. The van der Waals surface area contributed by atoms with Crippen LogP contribution in [0.15, 0.2) is 132 Å². The number of phenolic OH excluding ortho intramolecular Hbond substituents is 3. The first kappa shape index (κ1) is 132. The predicted octanol–water partition coefficient (Wildman–Crippen LogP) is 7.90. The number of phenols is 3. The number of hydrogen-bond acceptors (Lipinski definition) is 30. The monoisotopic (exact) mass is 2060 g/mol. The number of rotatable bonds is 24. The highest BCUT2D eigenvalue weighted by Gasteiger charge is 2.27. The number of aromatic hydroxyl groups is 3. The number of nitrogens with two attached hydrogens (primary N) is 6. The Labute approximate surface area is 821 Å². The minimum Gasteiger partial charge on any atom is -1.00 e. The van der Waals surface area contributed by atoms with Crippen molar-refractivity contribution in [3.05, 3.63) is 160 Å². The van der Waals surface area contributed by atoms with Gasteiger partial charge in [-0.3, -0.25) is 9.59 Å². The number of alkyl halides is 1. The standard InChI is InChI=1S/C21H33NO5.C15H23NO3.C11H16N2O3.C10H18O5.C9H12N2O2.C9H14N2O.C6H11BrO2.C4H7BO.C4HBrO3.C4H8O.3ClH/c1-8-16(22-19(24)27-21(5,6)7)13-15-9-11-17(12-10-15)25-14-18(23)26-20(2,3)4;1-5-12(16-14(18)19-15(2,3)4)10-11-6-8-13(17)9-7-11;12-6-9(13)5-8-1-3-10(4-2-8)16-7-11(14)15;1-9(2,3)14-7(11)13-8(12)15-10(4,5)6;10-8(9(11)13)5-6-1-3-7(12)4-2-6;10-6-8(11)5-7-1-3-9(12)4-2-7;1-6(2,3)9-5(8)4-7;5-4-2-1-3-6-4;5-2-1-3(6)8-4(2)7;1-2-4-5-3-1;;;/h9-12,16H,8,13-14H2,1-7H3,(H,22,24);6-9,12,17H,5,10H2,1-4H3,(H,16,18);1-4,9H,5-7,12-13H2,(H,14,15);1-6H3;1-4,8,12H,5,10H2,(H2,11,13);1-4,8,12H,5-6,10-11H2;4H2,1-3H3;4H,1-3H2;1H;1-4H2;3*1H/p-2/t16-;12-;9-;;2*8-;;;;;;;/m110.00......./s1. The molecule has 1 unspecified atom stereocenters. The molecule has 40 heteroatoms. The maximum atomic E-state index is 11.9. The lowest BCUT2D eigenvalue weighted by molar-refractivity contribution is -0.157. The average Bonchev–Trinajstić information content (AvgIpc) is 1.85. The third-order valence-electron chi connectivity index (χ3n) is 15.5. The fourth-order valence-electron chi connectivity index (χ4n) is 9.66. The third-order valence-corrected chi connectivity index (χ3v) is 16.5. The van der Waals surface area contributed by atoms with E-state index in [2.05, 4.69) is 52.0 Å². The number of carbonyl (C=O) groups is 10. The summed E-state index contributed by atoms with van der Waals surface area (Å²) in [5.74, 6) is -1.51. The van der Waals surface area contributed by atoms with Crippen molar-refractivity contribution in [2.75, 3.05) is 51.5 Å². The SMILES string of the molecule is C1CCOC1.CC(C)(C)OC(=O)CBr.CC(C)(C)OC(=O)OC(=O)OC(C)(C)C.CC[C@H](Cc1ccc(O)cc1)NC(=O)OC(C)(C)C.CC[C@H](Cc1ccc(OCC(=O)OC(C)(C)C)cc1)NC(=O)OC(C)(C)C.Cl.NC(=O)[C@@H](N)Cc1ccc(O)cc1.NC[C@@H](N)Cc1ccc(O)cc1.NC[C@@H](N)Cc1ccc(OCC(=O)O)cc1.O=C1C=C(Br)C(=O)O1.[B]C1CCCO1.[Cl-].[Cl-]. The minimum atomic E-state index is -1.06. The summed E-state index contributed by atoms with van der Waals surface area (Å²) in [5, 5.41) is 41.7. The molecule has 0 aromatic heterocycles. The molecule has 3 aliphatic rings. The van der Waals surface area contributed by atoms with Gasteiger partial charge in [-0.15, -0.1) is 12.4 Å². The number of hydrogen-bond donors (Lipinski definition) is 12. The van der Waals surface area contributed by atoms with Gasteiger partial charge < -0.3 is 147 Å². The summed E-state index contributed by atoms with van der Waals surface area (Å²) in [6.07, 6.45) is 7.78. The van der Waals surface area contributed by atoms with Gasteiger partial charge in [0, 0.05) is 69.2 Å². The maximum absolute atomic E-state index is 11.9. The molecule has 6 atom stereocenters. The van der Waals surface area contributed by atoms with Crippen LogP contribution in [-0.4, -0.2) is 210 Å². The van der Waals surface area contributed by atoms with Crippen molar-refractivity contribution in [1.82, 2.24) is 10.6 Å². The third kappa shape index (κ3) is 78.8. The van der Waals surface area contributed by atoms with E-state index in [1.807, 2.05) is 145 Å². The Bertz CT molecular complexity index is 4110. The van der Waals surface area contributed by atoms with E-state index in [9.17, 15) is 53.1 Å². The number of halogens is 5. The van der Waals surface area contributed by atoms with E-state index in [1.165, 1.54) is 12.8 Å². The molecule has 0 bridgehead atoms. The van der Waals surface area contributed by atoms with E-state index in [0.717, 1.165) is 92.2 Å². The Balaban J connectivity index is -0.000000469. The van der Waals surface area contributed by atoms with E-state index >= 15 is 0 Å². The molecule has 3 heterocycles. The molecule has 8 rings (SSSR count). The smallest absolute Gasteiger partial charge is 0.519 e. The second-order valence-corrected chi connectivity index (χ2v) is 36.6. The van der Waals surface area contributed by atoms with Gasteiger partial charge in [0.05, 0.1) is 6.04 Å². The van der Waals surface area contributed by atoms with Gasteiger partial charge in [-0.1, -0.05) is 90.4 Å². The highest BCUT2D eigenvalue weighted by molar-refractivity contribution is 9.12. The van der Waals surface area contributed by atoms with E-state index < -0.39 is 88.3 Å².